The highest BCUT2D eigenvalue weighted by Gasteiger charge is 2.19. The average Bonchev–Trinajstić information content (AvgIpc) is 3.05. The van der Waals surface area contributed by atoms with Crippen molar-refractivity contribution in [3.8, 4) is 11.3 Å². The number of carboxylic acid groups (broad SMARTS) is 1. The molecule has 1 N–H and O–H groups in total. The zero-order valence-corrected chi connectivity index (χ0v) is 14.3. The largest absolute Gasteiger partial charge is 0.478 e. The van der Waals surface area contributed by atoms with Crippen LogP contribution in [0.25, 0.3) is 22.3 Å². The molecule has 25 heavy (non-hydrogen) atoms. The normalized spacial score (nSPS) is 11.0. The minimum Gasteiger partial charge on any atom is -0.478 e. The summed E-state index contributed by atoms with van der Waals surface area (Å²) in [5.74, 6) is -0.917. The Morgan fingerprint density at radius 1 is 1.20 bits per heavy atom. The van der Waals surface area contributed by atoms with Crippen molar-refractivity contribution in [3.05, 3.63) is 52.1 Å². The number of fused-ring (bicyclic) bond motifs is 1. The molecule has 0 atom stereocenters. The molecule has 1 aromatic carbocycles. The van der Waals surface area contributed by atoms with Gasteiger partial charge < -0.3 is 18.8 Å². The molecule has 6 nitrogen and oxygen atoms in total. The summed E-state index contributed by atoms with van der Waals surface area (Å²) >= 11 is 0. The lowest BCUT2D eigenvalue weighted by atomic mass is 10.0. The topological polar surface area (TPSA) is 83.9 Å². The first kappa shape index (κ1) is 16.8. The fourth-order valence-corrected chi connectivity index (χ4v) is 2.99. The summed E-state index contributed by atoms with van der Waals surface area (Å²) in [6, 6.07) is 7.08. The second-order valence-electron chi connectivity index (χ2n) is 5.75. The van der Waals surface area contributed by atoms with E-state index in [2.05, 4.69) is 18.7 Å². The van der Waals surface area contributed by atoms with Crippen LogP contribution in [0.4, 0.5) is 5.69 Å². The number of carbonyl (C=O) groups is 1. The fraction of sp³-hybridized carbons (Fsp3) is 0.263. The van der Waals surface area contributed by atoms with Gasteiger partial charge in [0, 0.05) is 30.2 Å². The van der Waals surface area contributed by atoms with E-state index in [0.717, 1.165) is 30.4 Å². The Hall–Kier alpha value is -3.02. The Labute approximate surface area is 144 Å². The monoisotopic (exact) mass is 341 g/mol. The van der Waals surface area contributed by atoms with Crippen molar-refractivity contribution in [1.29, 1.82) is 0 Å². The number of nitrogens with zero attached hydrogens (tertiary/aromatic N) is 1. The number of benzene rings is 1. The van der Waals surface area contributed by atoms with Crippen LogP contribution in [0.15, 0.2) is 44.2 Å². The van der Waals surface area contributed by atoms with Crippen molar-refractivity contribution < 1.29 is 18.7 Å². The molecule has 0 saturated carbocycles. The Morgan fingerprint density at radius 2 is 1.92 bits per heavy atom. The number of aryl methyl sites for hydroxylation is 1. The van der Waals surface area contributed by atoms with E-state index in [9.17, 15) is 9.59 Å². The van der Waals surface area contributed by atoms with Crippen molar-refractivity contribution in [3.63, 3.8) is 0 Å². The van der Waals surface area contributed by atoms with Crippen LogP contribution in [0.2, 0.25) is 0 Å². The van der Waals surface area contributed by atoms with Gasteiger partial charge in [-0.3, -0.25) is 0 Å². The van der Waals surface area contributed by atoms with Crippen LogP contribution in [0, 0.1) is 6.92 Å². The van der Waals surface area contributed by atoms with Gasteiger partial charge in [0.1, 0.15) is 23.2 Å². The molecule has 3 aromatic rings. The van der Waals surface area contributed by atoms with E-state index in [1.165, 1.54) is 6.07 Å². The molecule has 0 amide bonds. The molecular formula is C19H19NO5. The maximum Gasteiger partial charge on any atom is 0.347 e. The van der Waals surface area contributed by atoms with Gasteiger partial charge in [-0.15, -0.1) is 0 Å². The highest BCUT2D eigenvalue weighted by atomic mass is 16.4. The van der Waals surface area contributed by atoms with Gasteiger partial charge in [-0.1, -0.05) is 0 Å². The SMILES string of the molecule is CCN(CC)c1ccc2c(C)c(-c3cc(C(=O)O)co3)c(=O)oc2c1. The van der Waals surface area contributed by atoms with Crippen LogP contribution in [0.5, 0.6) is 0 Å². The third-order valence-corrected chi connectivity index (χ3v) is 4.37. The minimum absolute atomic E-state index is 0.00854. The summed E-state index contributed by atoms with van der Waals surface area (Å²) in [6.45, 7) is 7.64. The Balaban J connectivity index is 2.17. The Morgan fingerprint density at radius 3 is 2.52 bits per heavy atom. The number of hydrogen-bond donors (Lipinski definition) is 1. The standard InChI is InChI=1S/C19H19NO5/c1-4-20(5-2)13-6-7-14-11(3)17(19(23)25-15(14)9-13)16-8-12(10-24-16)18(21)22/h6-10H,4-5H2,1-3H3,(H,21,22). The van der Waals surface area contributed by atoms with Crippen LogP contribution in [-0.4, -0.2) is 24.2 Å². The van der Waals surface area contributed by atoms with Gasteiger partial charge in [0.2, 0.25) is 0 Å². The summed E-state index contributed by atoms with van der Waals surface area (Å²) in [4.78, 5) is 25.6. The molecule has 3 rings (SSSR count). The number of rotatable bonds is 5. The number of furan rings is 1. The van der Waals surface area contributed by atoms with E-state index >= 15 is 0 Å². The minimum atomic E-state index is -1.11. The Bertz CT molecular complexity index is 995. The van der Waals surface area contributed by atoms with E-state index in [-0.39, 0.29) is 16.9 Å². The van der Waals surface area contributed by atoms with Crippen LogP contribution in [0.1, 0.15) is 29.8 Å². The molecule has 0 aliphatic rings. The number of hydrogen-bond acceptors (Lipinski definition) is 5. The second-order valence-corrected chi connectivity index (χ2v) is 5.75. The molecule has 0 fully saturated rings. The van der Waals surface area contributed by atoms with Crippen molar-refractivity contribution in [2.45, 2.75) is 20.8 Å². The first-order valence-corrected chi connectivity index (χ1v) is 8.10. The molecule has 2 heterocycles. The van der Waals surface area contributed by atoms with Crippen LogP contribution in [-0.2, 0) is 0 Å². The lowest BCUT2D eigenvalue weighted by molar-refractivity contribution is 0.0696. The number of carboxylic acids is 1. The van der Waals surface area contributed by atoms with Gasteiger partial charge in [0.15, 0.2) is 0 Å². The highest BCUT2D eigenvalue weighted by Crippen LogP contribution is 2.30. The van der Waals surface area contributed by atoms with Crippen LogP contribution in [0.3, 0.4) is 0 Å². The molecular weight excluding hydrogens is 322 g/mol. The zero-order valence-electron chi connectivity index (χ0n) is 14.3. The quantitative estimate of drug-likeness (QED) is 0.709. The summed E-state index contributed by atoms with van der Waals surface area (Å²) in [5, 5.41) is 9.81. The molecule has 130 valence electrons. The zero-order chi connectivity index (χ0) is 18.1. The van der Waals surface area contributed by atoms with Gasteiger partial charge in [-0.25, -0.2) is 9.59 Å². The molecule has 2 aromatic heterocycles. The summed E-state index contributed by atoms with van der Waals surface area (Å²) < 4.78 is 10.8. The van der Waals surface area contributed by atoms with Gasteiger partial charge in [0.05, 0.1) is 5.56 Å². The van der Waals surface area contributed by atoms with Crippen molar-refractivity contribution >= 4 is 22.6 Å². The van der Waals surface area contributed by atoms with Gasteiger partial charge >= 0.3 is 11.6 Å². The van der Waals surface area contributed by atoms with E-state index in [4.69, 9.17) is 13.9 Å². The summed E-state index contributed by atoms with van der Waals surface area (Å²) in [7, 11) is 0. The second kappa shape index (κ2) is 6.47. The summed E-state index contributed by atoms with van der Waals surface area (Å²) in [6.07, 6.45) is 1.12. The van der Waals surface area contributed by atoms with E-state index < -0.39 is 11.6 Å². The molecule has 6 heteroatoms. The van der Waals surface area contributed by atoms with E-state index in [1.54, 1.807) is 6.92 Å². The van der Waals surface area contributed by atoms with Crippen LogP contribution >= 0.6 is 0 Å². The number of aromatic carboxylic acids is 1. The molecule has 0 saturated heterocycles. The van der Waals surface area contributed by atoms with Gasteiger partial charge in [0.25, 0.3) is 0 Å². The fourth-order valence-electron chi connectivity index (χ4n) is 2.99. The molecule has 0 unspecified atom stereocenters. The van der Waals surface area contributed by atoms with Crippen molar-refractivity contribution in [2.24, 2.45) is 0 Å². The van der Waals surface area contributed by atoms with Gasteiger partial charge in [-0.05, 0) is 44.5 Å². The molecule has 0 aliphatic carbocycles. The molecule has 0 radical (unpaired) electrons. The molecule has 0 spiro atoms. The molecule has 0 bridgehead atoms. The lowest BCUT2D eigenvalue weighted by Crippen LogP contribution is -2.21. The smallest absolute Gasteiger partial charge is 0.347 e. The average molecular weight is 341 g/mol. The predicted molar refractivity (Wildman–Crippen MR) is 95.4 cm³/mol. The summed E-state index contributed by atoms with van der Waals surface area (Å²) in [5.41, 5.74) is 1.87. The third kappa shape index (κ3) is 2.91. The first-order valence-electron chi connectivity index (χ1n) is 8.10. The van der Waals surface area contributed by atoms with Crippen LogP contribution < -0.4 is 10.5 Å². The third-order valence-electron chi connectivity index (χ3n) is 4.37. The maximum absolute atomic E-state index is 12.5. The van der Waals surface area contributed by atoms with E-state index in [0.29, 0.717) is 11.1 Å². The highest BCUT2D eigenvalue weighted by molar-refractivity contribution is 5.91. The van der Waals surface area contributed by atoms with Crippen molar-refractivity contribution in [2.75, 3.05) is 18.0 Å². The predicted octanol–water partition coefficient (Wildman–Crippen LogP) is 3.91. The van der Waals surface area contributed by atoms with Crippen molar-refractivity contribution in [1.82, 2.24) is 0 Å². The first-order chi connectivity index (χ1) is 12.0. The maximum atomic E-state index is 12.5. The lowest BCUT2D eigenvalue weighted by Gasteiger charge is -2.21. The van der Waals surface area contributed by atoms with Gasteiger partial charge in [-0.2, -0.15) is 0 Å². The Kier molecular flexibility index (Phi) is 4.35. The molecule has 0 aliphatic heterocycles. The number of anilines is 1. The van der Waals surface area contributed by atoms with E-state index in [1.807, 2.05) is 18.2 Å².